The largest absolute Gasteiger partial charge is 0.380 e. The minimum Gasteiger partial charge on any atom is -0.380 e. The van der Waals surface area contributed by atoms with Crippen molar-refractivity contribution < 1.29 is 0 Å². The Labute approximate surface area is 117 Å². The molecule has 6 heteroatoms. The highest BCUT2D eigenvalue weighted by Gasteiger charge is 2.36. The second-order valence-electron chi connectivity index (χ2n) is 5.64. The maximum Gasteiger partial charge on any atom is 0.285 e. The molecule has 2 aliphatic heterocycles. The van der Waals surface area contributed by atoms with Crippen LogP contribution in [0.15, 0.2) is 11.0 Å². The van der Waals surface area contributed by atoms with Gasteiger partial charge in [0.15, 0.2) is 0 Å². The van der Waals surface area contributed by atoms with Gasteiger partial charge in [-0.05, 0) is 32.7 Å². The second-order valence-corrected chi connectivity index (χ2v) is 6.02. The molecule has 0 radical (unpaired) electrons. The van der Waals surface area contributed by atoms with Crippen molar-refractivity contribution in [3.05, 3.63) is 21.6 Å². The molecule has 104 valence electrons. The van der Waals surface area contributed by atoms with Crippen molar-refractivity contribution in [2.24, 2.45) is 0 Å². The third-order valence-corrected chi connectivity index (χ3v) is 4.87. The number of anilines is 1. The highest BCUT2D eigenvalue weighted by molar-refractivity contribution is 6.32. The molecule has 0 aromatic carbocycles. The molecule has 1 aromatic heterocycles. The number of hydrogen-bond acceptors (Lipinski definition) is 4. The van der Waals surface area contributed by atoms with Gasteiger partial charge in [0.1, 0.15) is 5.02 Å². The Kier molecular flexibility index (Phi) is 3.50. The Balaban J connectivity index is 1.74. The summed E-state index contributed by atoms with van der Waals surface area (Å²) in [6.07, 6.45) is 7.68. The second kappa shape index (κ2) is 5.13. The minimum atomic E-state index is -0.334. The van der Waals surface area contributed by atoms with E-state index in [1.807, 2.05) is 0 Å². The zero-order valence-corrected chi connectivity index (χ0v) is 11.8. The van der Waals surface area contributed by atoms with Crippen molar-refractivity contribution in [1.29, 1.82) is 0 Å². The van der Waals surface area contributed by atoms with Crippen LogP contribution < -0.4 is 10.9 Å². The first kappa shape index (κ1) is 12.9. The van der Waals surface area contributed by atoms with Gasteiger partial charge in [0.05, 0.1) is 11.9 Å². The first-order chi connectivity index (χ1) is 9.15. The van der Waals surface area contributed by atoms with Gasteiger partial charge in [-0.2, -0.15) is 5.10 Å². The molecule has 2 unspecified atom stereocenters. The molecule has 2 N–H and O–H groups in total. The van der Waals surface area contributed by atoms with Gasteiger partial charge in [-0.25, -0.2) is 5.10 Å². The number of H-pyrrole nitrogens is 1. The summed E-state index contributed by atoms with van der Waals surface area (Å²) in [5.41, 5.74) is 0.317. The van der Waals surface area contributed by atoms with Gasteiger partial charge in [-0.15, -0.1) is 0 Å². The Hall–Kier alpha value is -1.07. The summed E-state index contributed by atoms with van der Waals surface area (Å²) < 4.78 is 0. The molecular weight excluding hydrogens is 264 g/mol. The van der Waals surface area contributed by atoms with Gasteiger partial charge >= 0.3 is 0 Å². The number of nitrogens with zero attached hydrogens (tertiary/aromatic N) is 2. The van der Waals surface area contributed by atoms with Gasteiger partial charge in [0.25, 0.3) is 5.56 Å². The van der Waals surface area contributed by atoms with Crippen LogP contribution in [0.25, 0.3) is 0 Å². The quantitative estimate of drug-likeness (QED) is 0.869. The van der Waals surface area contributed by atoms with E-state index in [2.05, 4.69) is 27.5 Å². The van der Waals surface area contributed by atoms with Crippen LogP contribution in [0.5, 0.6) is 0 Å². The number of aromatic amines is 1. The highest BCUT2D eigenvalue weighted by atomic mass is 35.5. The molecule has 19 heavy (non-hydrogen) atoms. The van der Waals surface area contributed by atoms with E-state index in [4.69, 9.17) is 11.6 Å². The van der Waals surface area contributed by atoms with Crippen LogP contribution in [0, 0.1) is 0 Å². The summed E-state index contributed by atoms with van der Waals surface area (Å²) in [6.45, 7) is 0. The first-order valence-electron chi connectivity index (χ1n) is 6.87. The Morgan fingerprint density at radius 2 is 2.11 bits per heavy atom. The molecule has 2 aliphatic rings. The van der Waals surface area contributed by atoms with Crippen molar-refractivity contribution in [2.45, 2.75) is 50.2 Å². The van der Waals surface area contributed by atoms with Gasteiger partial charge in [-0.1, -0.05) is 18.0 Å². The van der Waals surface area contributed by atoms with Crippen LogP contribution >= 0.6 is 11.6 Å². The van der Waals surface area contributed by atoms with Gasteiger partial charge in [0.2, 0.25) is 0 Å². The van der Waals surface area contributed by atoms with Crippen molar-refractivity contribution in [3.63, 3.8) is 0 Å². The van der Waals surface area contributed by atoms with E-state index < -0.39 is 0 Å². The van der Waals surface area contributed by atoms with Crippen molar-refractivity contribution in [2.75, 3.05) is 12.4 Å². The molecule has 3 rings (SSSR count). The Morgan fingerprint density at radius 3 is 2.79 bits per heavy atom. The Morgan fingerprint density at radius 1 is 1.42 bits per heavy atom. The van der Waals surface area contributed by atoms with E-state index in [-0.39, 0.29) is 10.6 Å². The molecule has 0 aliphatic carbocycles. The lowest BCUT2D eigenvalue weighted by Crippen LogP contribution is -2.52. The summed E-state index contributed by atoms with van der Waals surface area (Å²) in [5, 5.41) is 9.75. The van der Waals surface area contributed by atoms with Crippen molar-refractivity contribution >= 4 is 17.3 Å². The molecule has 2 fully saturated rings. The lowest BCUT2D eigenvalue weighted by molar-refractivity contribution is 0.0608. The predicted molar refractivity (Wildman–Crippen MR) is 75.7 cm³/mol. The third-order valence-electron chi connectivity index (χ3n) is 4.50. The summed E-state index contributed by atoms with van der Waals surface area (Å²) in [7, 11) is 2.23. The number of rotatable bonds is 2. The molecule has 2 bridgehead atoms. The van der Waals surface area contributed by atoms with Crippen LogP contribution in [0.2, 0.25) is 5.02 Å². The molecule has 2 saturated heterocycles. The number of hydrogen-bond donors (Lipinski definition) is 2. The number of fused-ring (bicyclic) bond motifs is 2. The van der Waals surface area contributed by atoms with E-state index in [9.17, 15) is 4.79 Å². The summed E-state index contributed by atoms with van der Waals surface area (Å²) in [4.78, 5) is 13.9. The average Bonchev–Trinajstić information content (AvgIpc) is 2.36. The van der Waals surface area contributed by atoms with Crippen LogP contribution in [-0.4, -0.2) is 40.3 Å². The average molecular weight is 283 g/mol. The maximum atomic E-state index is 11.4. The lowest BCUT2D eigenvalue weighted by Gasteiger charge is -2.47. The summed E-state index contributed by atoms with van der Waals surface area (Å²) in [5.74, 6) is 0. The lowest BCUT2D eigenvalue weighted by atomic mass is 9.82. The normalized spacial score (nSPS) is 31.2. The van der Waals surface area contributed by atoms with Crippen molar-refractivity contribution in [3.8, 4) is 0 Å². The van der Waals surface area contributed by atoms with Gasteiger partial charge in [-0.3, -0.25) is 4.79 Å². The van der Waals surface area contributed by atoms with E-state index in [0.29, 0.717) is 23.8 Å². The zero-order valence-electron chi connectivity index (χ0n) is 11.0. The molecule has 0 spiro atoms. The number of aromatic nitrogens is 2. The molecule has 0 saturated carbocycles. The first-order valence-corrected chi connectivity index (χ1v) is 7.24. The molecule has 5 nitrogen and oxygen atoms in total. The third kappa shape index (κ3) is 2.49. The molecule has 3 heterocycles. The van der Waals surface area contributed by atoms with E-state index in [1.165, 1.54) is 19.3 Å². The molecule has 2 atom stereocenters. The fraction of sp³-hybridized carbons (Fsp3) is 0.692. The maximum absolute atomic E-state index is 11.4. The zero-order chi connectivity index (χ0) is 13.4. The summed E-state index contributed by atoms with van der Waals surface area (Å²) in [6, 6.07) is 1.69. The summed E-state index contributed by atoms with van der Waals surface area (Å²) >= 11 is 6.01. The van der Waals surface area contributed by atoms with Crippen LogP contribution in [-0.2, 0) is 0 Å². The van der Waals surface area contributed by atoms with Gasteiger partial charge in [0, 0.05) is 18.1 Å². The fourth-order valence-electron chi connectivity index (χ4n) is 3.44. The van der Waals surface area contributed by atoms with E-state index in [1.54, 1.807) is 6.20 Å². The smallest absolute Gasteiger partial charge is 0.285 e. The van der Waals surface area contributed by atoms with Crippen LogP contribution in [0.1, 0.15) is 32.1 Å². The van der Waals surface area contributed by atoms with Crippen molar-refractivity contribution in [1.82, 2.24) is 15.1 Å². The monoisotopic (exact) mass is 282 g/mol. The van der Waals surface area contributed by atoms with Crippen LogP contribution in [0.4, 0.5) is 5.69 Å². The minimum absolute atomic E-state index is 0.207. The van der Waals surface area contributed by atoms with Gasteiger partial charge < -0.3 is 10.2 Å². The number of piperidine rings is 2. The standard InChI is InChI=1S/C13H19ClN4O/c1-18-9-3-2-4-10(18)6-8(5-9)16-11-7-15-17-13(19)12(11)14/h7-10H,2-6H2,1H3,(H2,16,17,19). The SMILES string of the molecule is CN1C2CCCC1CC(Nc1cn[nH]c(=O)c1Cl)C2. The van der Waals surface area contributed by atoms with E-state index >= 15 is 0 Å². The molecule has 1 aromatic rings. The molecular formula is C13H19ClN4O. The Bertz CT molecular complexity index is 504. The van der Waals surface area contributed by atoms with Crippen LogP contribution in [0.3, 0.4) is 0 Å². The fourth-order valence-corrected chi connectivity index (χ4v) is 3.58. The molecule has 0 amide bonds. The topological polar surface area (TPSA) is 61.0 Å². The number of halogens is 1. The predicted octanol–water partition coefficient (Wildman–Crippen LogP) is 1.85. The van der Waals surface area contributed by atoms with E-state index in [0.717, 1.165) is 12.8 Å². The highest BCUT2D eigenvalue weighted by Crippen LogP contribution is 2.34. The number of nitrogens with one attached hydrogen (secondary N) is 2.